The molecular formula is C15H22N2O2. The number of amides is 1. The van der Waals surface area contributed by atoms with Crippen LogP contribution >= 0.6 is 0 Å². The highest BCUT2D eigenvalue weighted by atomic mass is 16.5. The van der Waals surface area contributed by atoms with E-state index in [9.17, 15) is 4.79 Å². The molecule has 4 heteroatoms. The summed E-state index contributed by atoms with van der Waals surface area (Å²) < 4.78 is 5.39. The first kappa shape index (κ1) is 14.0. The number of rotatable bonds is 5. The first-order valence-corrected chi connectivity index (χ1v) is 6.89. The van der Waals surface area contributed by atoms with Crippen molar-refractivity contribution in [3.63, 3.8) is 0 Å². The zero-order valence-electron chi connectivity index (χ0n) is 11.7. The minimum Gasteiger partial charge on any atom is -0.377 e. The Hall–Kier alpha value is -1.39. The van der Waals surface area contributed by atoms with E-state index in [1.54, 1.807) is 0 Å². The second-order valence-electron chi connectivity index (χ2n) is 5.09. The van der Waals surface area contributed by atoms with E-state index < -0.39 is 0 Å². The van der Waals surface area contributed by atoms with Crippen LogP contribution in [0.3, 0.4) is 0 Å². The van der Waals surface area contributed by atoms with Crippen LogP contribution < -0.4 is 10.6 Å². The zero-order valence-corrected chi connectivity index (χ0v) is 11.7. The lowest BCUT2D eigenvalue weighted by atomic mass is 9.98. The Morgan fingerprint density at radius 2 is 2.26 bits per heavy atom. The minimum atomic E-state index is -0.0271. The fourth-order valence-electron chi connectivity index (χ4n) is 2.18. The Balaban J connectivity index is 1.88. The molecule has 1 aliphatic heterocycles. The van der Waals surface area contributed by atoms with Crippen molar-refractivity contribution in [3.8, 4) is 0 Å². The number of hydrogen-bond donors (Lipinski definition) is 2. The third-order valence-corrected chi connectivity index (χ3v) is 3.19. The molecule has 0 spiro atoms. The maximum atomic E-state index is 12.0. The van der Waals surface area contributed by atoms with Gasteiger partial charge in [-0.15, -0.1) is 0 Å². The van der Waals surface area contributed by atoms with Gasteiger partial charge in [0.1, 0.15) is 0 Å². The molecule has 0 atom stereocenters. The van der Waals surface area contributed by atoms with Crippen molar-refractivity contribution < 1.29 is 9.53 Å². The fourth-order valence-corrected chi connectivity index (χ4v) is 2.18. The van der Waals surface area contributed by atoms with Crippen LogP contribution in [0.5, 0.6) is 0 Å². The molecule has 1 heterocycles. The van der Waals surface area contributed by atoms with Crippen LogP contribution in [0.2, 0.25) is 0 Å². The number of benzene rings is 1. The minimum absolute atomic E-state index is 0.0271. The Labute approximate surface area is 114 Å². The van der Waals surface area contributed by atoms with E-state index in [1.807, 2.05) is 26.0 Å². The molecule has 0 aromatic heterocycles. The van der Waals surface area contributed by atoms with Gasteiger partial charge in [0, 0.05) is 18.7 Å². The molecule has 0 fully saturated rings. The second kappa shape index (κ2) is 6.68. The summed E-state index contributed by atoms with van der Waals surface area (Å²) >= 11 is 0. The predicted octanol–water partition coefficient (Wildman–Crippen LogP) is 1.49. The van der Waals surface area contributed by atoms with Crippen LogP contribution in [0, 0.1) is 0 Å². The first-order chi connectivity index (χ1) is 9.16. The summed E-state index contributed by atoms with van der Waals surface area (Å²) in [6, 6.07) is 5.96. The summed E-state index contributed by atoms with van der Waals surface area (Å²) in [5, 5.41) is 6.20. The third-order valence-electron chi connectivity index (χ3n) is 3.19. The van der Waals surface area contributed by atoms with E-state index in [4.69, 9.17) is 4.74 Å². The molecule has 0 bridgehead atoms. The second-order valence-corrected chi connectivity index (χ2v) is 5.09. The molecule has 0 radical (unpaired) electrons. The fraction of sp³-hybridized carbons (Fsp3) is 0.533. The monoisotopic (exact) mass is 262 g/mol. The summed E-state index contributed by atoms with van der Waals surface area (Å²) in [7, 11) is 0. The SMILES string of the molecule is CC(C)OCCNC(=O)c1ccc2c(c1)CNCC2. The summed E-state index contributed by atoms with van der Waals surface area (Å²) in [5.74, 6) is -0.0271. The third kappa shape index (κ3) is 4.04. The molecule has 1 aromatic rings. The summed E-state index contributed by atoms with van der Waals surface area (Å²) in [4.78, 5) is 12.0. The van der Waals surface area contributed by atoms with Crippen molar-refractivity contribution in [2.24, 2.45) is 0 Å². The lowest BCUT2D eigenvalue weighted by molar-refractivity contribution is 0.0746. The lowest BCUT2D eigenvalue weighted by Gasteiger charge is -2.17. The number of ether oxygens (including phenoxy) is 1. The van der Waals surface area contributed by atoms with Gasteiger partial charge in [-0.05, 0) is 50.1 Å². The Kier molecular flexibility index (Phi) is 4.93. The number of nitrogens with one attached hydrogen (secondary N) is 2. The quantitative estimate of drug-likeness (QED) is 0.790. The molecule has 1 aliphatic rings. The molecule has 0 unspecified atom stereocenters. The van der Waals surface area contributed by atoms with E-state index in [1.165, 1.54) is 11.1 Å². The number of hydrogen-bond acceptors (Lipinski definition) is 3. The van der Waals surface area contributed by atoms with Crippen LogP contribution in [0.15, 0.2) is 18.2 Å². The van der Waals surface area contributed by atoms with Crippen molar-refractivity contribution in [1.29, 1.82) is 0 Å². The Bertz CT molecular complexity index is 444. The van der Waals surface area contributed by atoms with E-state index >= 15 is 0 Å². The Morgan fingerprint density at radius 1 is 1.42 bits per heavy atom. The van der Waals surface area contributed by atoms with E-state index in [0.29, 0.717) is 13.2 Å². The predicted molar refractivity (Wildman–Crippen MR) is 75.3 cm³/mol. The topological polar surface area (TPSA) is 50.4 Å². The molecule has 4 nitrogen and oxygen atoms in total. The number of carbonyl (C=O) groups is 1. The molecule has 0 saturated heterocycles. The largest absolute Gasteiger partial charge is 0.377 e. The molecular weight excluding hydrogens is 240 g/mol. The van der Waals surface area contributed by atoms with E-state index in [0.717, 1.165) is 25.1 Å². The van der Waals surface area contributed by atoms with Gasteiger partial charge >= 0.3 is 0 Å². The van der Waals surface area contributed by atoms with E-state index in [2.05, 4.69) is 16.7 Å². The smallest absolute Gasteiger partial charge is 0.251 e. The standard InChI is InChI=1S/C15H22N2O2/c1-11(2)19-8-7-17-15(18)13-4-3-12-5-6-16-10-14(12)9-13/h3-4,9,11,16H,5-8,10H2,1-2H3,(H,17,18). The highest BCUT2D eigenvalue weighted by molar-refractivity contribution is 5.94. The molecule has 19 heavy (non-hydrogen) atoms. The summed E-state index contributed by atoms with van der Waals surface area (Å²) in [6.07, 6.45) is 1.24. The summed E-state index contributed by atoms with van der Waals surface area (Å²) in [5.41, 5.74) is 3.31. The van der Waals surface area contributed by atoms with Gasteiger partial charge in [-0.25, -0.2) is 0 Å². The average Bonchev–Trinajstić information content (AvgIpc) is 2.42. The molecule has 2 N–H and O–H groups in total. The van der Waals surface area contributed by atoms with Crippen LogP contribution in [0.4, 0.5) is 0 Å². The van der Waals surface area contributed by atoms with Gasteiger partial charge in [-0.1, -0.05) is 6.07 Å². The van der Waals surface area contributed by atoms with Gasteiger partial charge in [0.2, 0.25) is 0 Å². The molecule has 1 amide bonds. The van der Waals surface area contributed by atoms with E-state index in [-0.39, 0.29) is 12.0 Å². The van der Waals surface area contributed by atoms with Gasteiger partial charge in [-0.3, -0.25) is 4.79 Å². The normalized spacial score (nSPS) is 14.3. The van der Waals surface area contributed by atoms with Crippen molar-refractivity contribution in [1.82, 2.24) is 10.6 Å². The molecule has 1 aromatic carbocycles. The van der Waals surface area contributed by atoms with Crippen molar-refractivity contribution in [2.45, 2.75) is 32.9 Å². The van der Waals surface area contributed by atoms with Crippen molar-refractivity contribution in [2.75, 3.05) is 19.7 Å². The number of fused-ring (bicyclic) bond motifs is 1. The molecule has 2 rings (SSSR count). The van der Waals surface area contributed by atoms with Gasteiger partial charge in [-0.2, -0.15) is 0 Å². The maximum absolute atomic E-state index is 12.0. The van der Waals surface area contributed by atoms with Crippen LogP contribution in [0.1, 0.15) is 35.3 Å². The molecule has 0 aliphatic carbocycles. The van der Waals surface area contributed by atoms with Crippen molar-refractivity contribution in [3.05, 3.63) is 34.9 Å². The van der Waals surface area contributed by atoms with Gasteiger partial charge in [0.15, 0.2) is 0 Å². The van der Waals surface area contributed by atoms with Crippen LogP contribution in [-0.4, -0.2) is 31.7 Å². The zero-order chi connectivity index (χ0) is 13.7. The summed E-state index contributed by atoms with van der Waals surface area (Å²) in [6.45, 7) is 6.94. The highest BCUT2D eigenvalue weighted by Gasteiger charge is 2.12. The highest BCUT2D eigenvalue weighted by Crippen LogP contribution is 2.15. The van der Waals surface area contributed by atoms with Crippen molar-refractivity contribution >= 4 is 5.91 Å². The van der Waals surface area contributed by atoms with Gasteiger partial charge in [0.05, 0.1) is 12.7 Å². The van der Waals surface area contributed by atoms with Gasteiger partial charge < -0.3 is 15.4 Å². The molecule has 0 saturated carbocycles. The van der Waals surface area contributed by atoms with Gasteiger partial charge in [0.25, 0.3) is 5.91 Å². The maximum Gasteiger partial charge on any atom is 0.251 e. The van der Waals surface area contributed by atoms with Crippen LogP contribution in [-0.2, 0) is 17.7 Å². The first-order valence-electron chi connectivity index (χ1n) is 6.89. The Morgan fingerprint density at radius 3 is 3.05 bits per heavy atom. The lowest BCUT2D eigenvalue weighted by Crippen LogP contribution is -2.29. The average molecular weight is 262 g/mol. The number of carbonyl (C=O) groups excluding carboxylic acids is 1. The van der Waals surface area contributed by atoms with Crippen LogP contribution in [0.25, 0.3) is 0 Å². The molecule has 104 valence electrons.